The van der Waals surface area contributed by atoms with Gasteiger partial charge in [-0.3, -0.25) is 0 Å². The van der Waals surface area contributed by atoms with E-state index in [2.05, 4.69) is 42.6 Å². The van der Waals surface area contributed by atoms with Gasteiger partial charge >= 0.3 is 0 Å². The van der Waals surface area contributed by atoms with E-state index < -0.39 is 0 Å². The van der Waals surface area contributed by atoms with E-state index in [1.165, 1.54) is 30.5 Å². The van der Waals surface area contributed by atoms with Crippen LogP contribution >= 0.6 is 0 Å². The standard InChI is InChI=1S/C14H19N/c1-12-5-7-13(8-6-12)9-10-14-4-2-3-11-15-14/h2-5,7,15H,6,8-11H2,1H3. The van der Waals surface area contributed by atoms with E-state index in [0.717, 1.165) is 13.0 Å². The highest BCUT2D eigenvalue weighted by atomic mass is 14.9. The van der Waals surface area contributed by atoms with Gasteiger partial charge in [0, 0.05) is 12.2 Å². The minimum absolute atomic E-state index is 0.990. The maximum absolute atomic E-state index is 3.40. The van der Waals surface area contributed by atoms with Crippen molar-refractivity contribution in [2.75, 3.05) is 6.54 Å². The molecule has 1 heteroatoms. The van der Waals surface area contributed by atoms with Crippen LogP contribution in [0.15, 0.2) is 47.2 Å². The molecule has 1 heterocycles. The monoisotopic (exact) mass is 201 g/mol. The second kappa shape index (κ2) is 5.01. The molecule has 0 spiro atoms. The van der Waals surface area contributed by atoms with E-state index in [0.29, 0.717) is 0 Å². The summed E-state index contributed by atoms with van der Waals surface area (Å²) in [6.45, 7) is 3.20. The lowest BCUT2D eigenvalue weighted by Crippen LogP contribution is -2.15. The van der Waals surface area contributed by atoms with E-state index in [-0.39, 0.29) is 0 Å². The maximum Gasteiger partial charge on any atom is 0.0330 e. The lowest BCUT2D eigenvalue weighted by molar-refractivity contribution is 0.753. The molecule has 1 nitrogen and oxygen atoms in total. The van der Waals surface area contributed by atoms with Gasteiger partial charge in [0.25, 0.3) is 0 Å². The molecule has 80 valence electrons. The number of rotatable bonds is 3. The van der Waals surface area contributed by atoms with Gasteiger partial charge in [0.2, 0.25) is 0 Å². The van der Waals surface area contributed by atoms with Crippen LogP contribution < -0.4 is 5.32 Å². The van der Waals surface area contributed by atoms with Crippen LogP contribution in [0.25, 0.3) is 0 Å². The fourth-order valence-electron chi connectivity index (χ4n) is 1.96. The Labute approximate surface area is 92.3 Å². The summed E-state index contributed by atoms with van der Waals surface area (Å²) in [5.41, 5.74) is 4.49. The van der Waals surface area contributed by atoms with E-state index >= 15 is 0 Å². The fraction of sp³-hybridized carbons (Fsp3) is 0.429. The smallest absolute Gasteiger partial charge is 0.0330 e. The van der Waals surface area contributed by atoms with Crippen LogP contribution in [0.4, 0.5) is 0 Å². The van der Waals surface area contributed by atoms with E-state index in [4.69, 9.17) is 0 Å². The number of hydrogen-bond acceptors (Lipinski definition) is 1. The predicted molar refractivity (Wildman–Crippen MR) is 65.5 cm³/mol. The van der Waals surface area contributed by atoms with Gasteiger partial charge in [-0.25, -0.2) is 0 Å². The van der Waals surface area contributed by atoms with Crippen molar-refractivity contribution >= 4 is 0 Å². The van der Waals surface area contributed by atoms with Crippen LogP contribution in [0, 0.1) is 0 Å². The van der Waals surface area contributed by atoms with Crippen LogP contribution in [-0.4, -0.2) is 6.54 Å². The summed E-state index contributed by atoms with van der Waals surface area (Å²) in [5.74, 6) is 0. The first kappa shape index (κ1) is 10.3. The zero-order chi connectivity index (χ0) is 10.5. The molecule has 0 atom stereocenters. The first-order chi connectivity index (χ1) is 7.34. The summed E-state index contributed by atoms with van der Waals surface area (Å²) in [5, 5.41) is 3.40. The van der Waals surface area contributed by atoms with E-state index in [9.17, 15) is 0 Å². The number of dihydropyridines is 1. The topological polar surface area (TPSA) is 12.0 Å². The average molecular weight is 201 g/mol. The van der Waals surface area contributed by atoms with Gasteiger partial charge < -0.3 is 5.32 Å². The van der Waals surface area contributed by atoms with E-state index in [1.807, 2.05) is 0 Å². The largest absolute Gasteiger partial charge is 0.385 e. The minimum atomic E-state index is 0.990. The average Bonchev–Trinajstić information content (AvgIpc) is 2.30. The molecule has 0 saturated heterocycles. The predicted octanol–water partition coefficient (Wildman–Crippen LogP) is 3.48. The lowest BCUT2D eigenvalue weighted by Gasteiger charge is -2.15. The Morgan fingerprint density at radius 1 is 1.13 bits per heavy atom. The summed E-state index contributed by atoms with van der Waals surface area (Å²) in [7, 11) is 0. The van der Waals surface area contributed by atoms with Crippen molar-refractivity contribution in [3.8, 4) is 0 Å². The molecule has 1 aliphatic heterocycles. The molecule has 15 heavy (non-hydrogen) atoms. The quantitative estimate of drug-likeness (QED) is 0.737. The molecule has 0 radical (unpaired) electrons. The molecule has 0 aromatic heterocycles. The highest BCUT2D eigenvalue weighted by molar-refractivity contribution is 5.24. The van der Waals surface area contributed by atoms with Crippen molar-refractivity contribution in [3.63, 3.8) is 0 Å². The Morgan fingerprint density at radius 2 is 2.07 bits per heavy atom. The lowest BCUT2D eigenvalue weighted by atomic mass is 9.95. The molecule has 0 amide bonds. The normalized spacial score (nSPS) is 20.2. The molecular weight excluding hydrogens is 182 g/mol. The van der Waals surface area contributed by atoms with Crippen LogP contribution in [0.5, 0.6) is 0 Å². The molecule has 0 bridgehead atoms. The minimum Gasteiger partial charge on any atom is -0.385 e. The molecular formula is C14H19N. The van der Waals surface area contributed by atoms with Crippen molar-refractivity contribution < 1.29 is 0 Å². The van der Waals surface area contributed by atoms with E-state index in [1.54, 1.807) is 5.57 Å². The summed E-state index contributed by atoms with van der Waals surface area (Å²) in [4.78, 5) is 0. The highest BCUT2D eigenvalue weighted by Crippen LogP contribution is 2.22. The third-order valence-electron chi connectivity index (χ3n) is 3.04. The third-order valence-corrected chi connectivity index (χ3v) is 3.04. The highest BCUT2D eigenvalue weighted by Gasteiger charge is 2.05. The summed E-state index contributed by atoms with van der Waals surface area (Å²) in [6.07, 6.45) is 15.9. The Balaban J connectivity index is 1.83. The molecule has 0 aromatic carbocycles. The summed E-state index contributed by atoms with van der Waals surface area (Å²) >= 11 is 0. The van der Waals surface area contributed by atoms with Crippen LogP contribution in [0.1, 0.15) is 32.6 Å². The fourth-order valence-corrected chi connectivity index (χ4v) is 1.96. The van der Waals surface area contributed by atoms with Crippen LogP contribution in [0.3, 0.4) is 0 Å². The van der Waals surface area contributed by atoms with Gasteiger partial charge in [-0.2, -0.15) is 0 Å². The first-order valence-electron chi connectivity index (χ1n) is 5.79. The zero-order valence-corrected chi connectivity index (χ0v) is 9.42. The molecule has 2 aliphatic rings. The van der Waals surface area contributed by atoms with Gasteiger partial charge in [-0.1, -0.05) is 35.5 Å². The molecule has 0 saturated carbocycles. The maximum atomic E-state index is 3.40. The van der Waals surface area contributed by atoms with Crippen molar-refractivity contribution in [1.82, 2.24) is 5.32 Å². The Morgan fingerprint density at radius 3 is 2.73 bits per heavy atom. The second-order valence-electron chi connectivity index (χ2n) is 4.34. The molecule has 2 rings (SSSR count). The van der Waals surface area contributed by atoms with Gasteiger partial charge in [-0.05, 0) is 38.7 Å². The van der Waals surface area contributed by atoms with Gasteiger partial charge in [-0.15, -0.1) is 0 Å². The summed E-state index contributed by atoms with van der Waals surface area (Å²) < 4.78 is 0. The molecule has 0 aromatic rings. The zero-order valence-electron chi connectivity index (χ0n) is 9.42. The Hall–Kier alpha value is -1.24. The first-order valence-corrected chi connectivity index (χ1v) is 5.79. The number of allylic oxidation sites excluding steroid dienone is 7. The Bertz CT molecular complexity index is 342. The molecule has 1 N–H and O–H groups in total. The number of hydrogen-bond donors (Lipinski definition) is 1. The van der Waals surface area contributed by atoms with Crippen molar-refractivity contribution in [2.45, 2.75) is 32.6 Å². The Kier molecular flexibility index (Phi) is 3.44. The van der Waals surface area contributed by atoms with Gasteiger partial charge in [0.15, 0.2) is 0 Å². The van der Waals surface area contributed by atoms with Crippen LogP contribution in [0.2, 0.25) is 0 Å². The molecule has 0 fully saturated rings. The van der Waals surface area contributed by atoms with Gasteiger partial charge in [0.1, 0.15) is 0 Å². The van der Waals surface area contributed by atoms with Crippen molar-refractivity contribution in [1.29, 1.82) is 0 Å². The SMILES string of the molecule is CC1=CC=C(CCC2=CC=CCN2)CC1. The van der Waals surface area contributed by atoms with Crippen molar-refractivity contribution in [3.05, 3.63) is 47.2 Å². The van der Waals surface area contributed by atoms with Crippen LogP contribution in [-0.2, 0) is 0 Å². The molecule has 1 aliphatic carbocycles. The van der Waals surface area contributed by atoms with Crippen molar-refractivity contribution in [2.24, 2.45) is 0 Å². The molecule has 0 unspecified atom stereocenters. The third kappa shape index (κ3) is 3.12. The second-order valence-corrected chi connectivity index (χ2v) is 4.34. The van der Waals surface area contributed by atoms with Gasteiger partial charge in [0.05, 0.1) is 0 Å². The summed E-state index contributed by atoms with van der Waals surface area (Å²) in [6, 6.07) is 0. The number of nitrogens with one attached hydrogen (secondary N) is 1.